The number of carbonyl (C=O) groups is 1. The van der Waals surface area contributed by atoms with E-state index in [1.54, 1.807) is 0 Å². The molecule has 1 aromatic rings. The van der Waals surface area contributed by atoms with Gasteiger partial charge in [0.05, 0.1) is 5.56 Å². The number of benzene rings is 1. The number of Topliss-reactive ketones (excluding diaryl/α,β-unsaturated/α-hetero) is 1. The molecule has 0 saturated heterocycles. The van der Waals surface area contributed by atoms with E-state index in [-0.39, 0.29) is 17.5 Å². The van der Waals surface area contributed by atoms with E-state index in [9.17, 15) is 9.90 Å². The molecule has 1 rings (SSSR count). The molecule has 0 fully saturated rings. The highest BCUT2D eigenvalue weighted by Gasteiger charge is 2.17. The molecule has 15 heavy (non-hydrogen) atoms. The lowest BCUT2D eigenvalue weighted by Crippen LogP contribution is -2.03. The summed E-state index contributed by atoms with van der Waals surface area (Å²) in [7, 11) is 0. The lowest BCUT2D eigenvalue weighted by Gasteiger charge is -2.13. The molecular weight excluding hydrogens is 188 g/mol. The third-order valence-electron chi connectivity index (χ3n) is 2.64. The lowest BCUT2D eigenvalue weighted by molar-refractivity contribution is 0.0985. The molecule has 0 spiro atoms. The largest absolute Gasteiger partial charge is 0.507 e. The minimum Gasteiger partial charge on any atom is -0.507 e. The van der Waals surface area contributed by atoms with E-state index in [4.69, 9.17) is 0 Å². The number of phenolic OH excluding ortho intramolecular Hbond substituents is 1. The summed E-state index contributed by atoms with van der Waals surface area (Å²) >= 11 is 0. The quantitative estimate of drug-likeness (QED) is 0.769. The highest BCUT2D eigenvalue weighted by molar-refractivity contribution is 6.00. The van der Waals surface area contributed by atoms with Gasteiger partial charge in [-0.2, -0.15) is 0 Å². The van der Waals surface area contributed by atoms with Crippen molar-refractivity contribution in [3.05, 3.63) is 28.8 Å². The van der Waals surface area contributed by atoms with Crippen LogP contribution in [0.3, 0.4) is 0 Å². The predicted octanol–water partition coefficient (Wildman–Crippen LogP) is 3.42. The van der Waals surface area contributed by atoms with Crippen molar-refractivity contribution in [1.82, 2.24) is 0 Å². The van der Waals surface area contributed by atoms with Crippen molar-refractivity contribution < 1.29 is 9.90 Å². The van der Waals surface area contributed by atoms with Crippen molar-refractivity contribution in [2.75, 3.05) is 0 Å². The molecule has 2 nitrogen and oxygen atoms in total. The molecule has 0 unspecified atom stereocenters. The Morgan fingerprint density at radius 3 is 2.47 bits per heavy atom. The highest BCUT2D eigenvalue weighted by atomic mass is 16.3. The second kappa shape index (κ2) is 4.47. The summed E-state index contributed by atoms with van der Waals surface area (Å²) in [5, 5.41) is 10.0. The van der Waals surface area contributed by atoms with Crippen molar-refractivity contribution in [2.45, 2.75) is 40.0 Å². The second-order valence-electron chi connectivity index (χ2n) is 4.13. The average Bonchev–Trinajstić information content (AvgIpc) is 2.16. The molecule has 1 N–H and O–H groups in total. The molecule has 0 heterocycles. The van der Waals surface area contributed by atoms with Crippen molar-refractivity contribution in [1.29, 1.82) is 0 Å². The van der Waals surface area contributed by atoms with Gasteiger partial charge in [0.2, 0.25) is 0 Å². The first-order valence-corrected chi connectivity index (χ1v) is 5.34. The first-order chi connectivity index (χ1) is 6.99. The maximum Gasteiger partial charge on any atom is 0.166 e. The van der Waals surface area contributed by atoms with E-state index < -0.39 is 0 Å². The summed E-state index contributed by atoms with van der Waals surface area (Å²) in [5.41, 5.74) is 2.19. The minimum absolute atomic E-state index is 0.00694. The molecule has 0 saturated carbocycles. The van der Waals surface area contributed by atoms with Crippen LogP contribution in [0, 0.1) is 6.92 Å². The maximum atomic E-state index is 11.7. The molecule has 0 aliphatic rings. The highest BCUT2D eigenvalue weighted by Crippen LogP contribution is 2.31. The minimum atomic E-state index is 0.00694. The van der Waals surface area contributed by atoms with Gasteiger partial charge >= 0.3 is 0 Å². The molecule has 0 atom stereocenters. The summed E-state index contributed by atoms with van der Waals surface area (Å²) in [6.07, 6.45) is 0.427. The fourth-order valence-electron chi connectivity index (χ4n) is 1.70. The molecule has 0 aromatic heterocycles. The number of aromatic hydroxyl groups is 1. The average molecular weight is 206 g/mol. The fraction of sp³-hybridized carbons (Fsp3) is 0.462. The zero-order valence-electron chi connectivity index (χ0n) is 9.79. The van der Waals surface area contributed by atoms with Crippen LogP contribution in [0.15, 0.2) is 12.1 Å². The van der Waals surface area contributed by atoms with Crippen molar-refractivity contribution in [3.63, 3.8) is 0 Å². The lowest BCUT2D eigenvalue weighted by atomic mass is 9.93. The van der Waals surface area contributed by atoms with Crippen LogP contribution in [0.25, 0.3) is 0 Å². The predicted molar refractivity (Wildman–Crippen MR) is 61.6 cm³/mol. The zero-order valence-corrected chi connectivity index (χ0v) is 9.79. The van der Waals surface area contributed by atoms with Gasteiger partial charge in [0.25, 0.3) is 0 Å². The van der Waals surface area contributed by atoms with Gasteiger partial charge in [0, 0.05) is 6.42 Å². The Bertz CT molecular complexity index is 378. The SMILES string of the molecule is CCC(=O)c1c(C)ccc(C(C)C)c1O. The maximum absolute atomic E-state index is 11.7. The van der Waals surface area contributed by atoms with Gasteiger partial charge in [-0.15, -0.1) is 0 Å². The molecule has 2 heteroatoms. The van der Waals surface area contributed by atoms with Gasteiger partial charge in [0.1, 0.15) is 5.75 Å². The summed E-state index contributed by atoms with van der Waals surface area (Å²) in [5.74, 6) is 0.401. The Labute approximate surface area is 90.9 Å². The number of rotatable bonds is 3. The molecule has 1 aromatic carbocycles. The van der Waals surface area contributed by atoms with E-state index in [0.717, 1.165) is 11.1 Å². The van der Waals surface area contributed by atoms with Gasteiger partial charge in [-0.25, -0.2) is 0 Å². The number of carbonyl (C=O) groups excluding carboxylic acids is 1. The third-order valence-corrected chi connectivity index (χ3v) is 2.64. The Kier molecular flexibility index (Phi) is 3.51. The number of hydrogen-bond acceptors (Lipinski definition) is 2. The molecule has 82 valence electrons. The van der Waals surface area contributed by atoms with Crippen LogP contribution in [-0.2, 0) is 0 Å². The second-order valence-corrected chi connectivity index (χ2v) is 4.13. The van der Waals surface area contributed by atoms with E-state index in [1.807, 2.05) is 39.8 Å². The van der Waals surface area contributed by atoms with Crippen molar-refractivity contribution in [2.24, 2.45) is 0 Å². The molecule has 0 aliphatic carbocycles. The first kappa shape index (κ1) is 11.8. The van der Waals surface area contributed by atoms with Crippen LogP contribution in [0.1, 0.15) is 54.6 Å². The Balaban J connectivity index is 3.36. The van der Waals surface area contributed by atoms with E-state index in [0.29, 0.717) is 12.0 Å². The Hall–Kier alpha value is -1.31. The number of hydrogen-bond donors (Lipinski definition) is 1. The van der Waals surface area contributed by atoms with Crippen LogP contribution in [0.5, 0.6) is 5.75 Å². The molecular formula is C13H18O2. The van der Waals surface area contributed by atoms with Crippen LogP contribution in [-0.4, -0.2) is 10.9 Å². The van der Waals surface area contributed by atoms with Crippen LogP contribution >= 0.6 is 0 Å². The Morgan fingerprint density at radius 2 is 2.00 bits per heavy atom. The molecule has 0 radical (unpaired) electrons. The third kappa shape index (κ3) is 2.20. The summed E-state index contributed by atoms with van der Waals surface area (Å²) in [6, 6.07) is 3.79. The van der Waals surface area contributed by atoms with Crippen molar-refractivity contribution >= 4 is 5.78 Å². The van der Waals surface area contributed by atoms with Crippen LogP contribution in [0.4, 0.5) is 0 Å². The van der Waals surface area contributed by atoms with Crippen molar-refractivity contribution in [3.8, 4) is 5.75 Å². The summed E-state index contributed by atoms with van der Waals surface area (Å²) in [6.45, 7) is 7.67. The Morgan fingerprint density at radius 1 is 1.40 bits per heavy atom. The van der Waals surface area contributed by atoms with Crippen LogP contribution in [0.2, 0.25) is 0 Å². The van der Waals surface area contributed by atoms with Gasteiger partial charge < -0.3 is 5.11 Å². The number of ketones is 1. The normalized spacial score (nSPS) is 10.7. The van der Waals surface area contributed by atoms with Gasteiger partial charge in [0.15, 0.2) is 5.78 Å². The topological polar surface area (TPSA) is 37.3 Å². The first-order valence-electron chi connectivity index (χ1n) is 5.34. The molecule has 0 bridgehead atoms. The molecule has 0 aliphatic heterocycles. The standard InChI is InChI=1S/C13H18O2/c1-5-11(14)12-9(4)6-7-10(8(2)3)13(12)15/h6-8,15H,5H2,1-4H3. The zero-order chi connectivity index (χ0) is 11.6. The summed E-state index contributed by atoms with van der Waals surface area (Å²) in [4.78, 5) is 11.7. The van der Waals surface area contributed by atoms with Gasteiger partial charge in [-0.05, 0) is 24.0 Å². The monoisotopic (exact) mass is 206 g/mol. The van der Waals surface area contributed by atoms with E-state index >= 15 is 0 Å². The van der Waals surface area contributed by atoms with E-state index in [1.165, 1.54) is 0 Å². The number of phenols is 1. The van der Waals surface area contributed by atoms with Gasteiger partial charge in [-0.3, -0.25) is 4.79 Å². The molecule has 0 amide bonds. The smallest absolute Gasteiger partial charge is 0.166 e. The summed E-state index contributed by atoms with van der Waals surface area (Å²) < 4.78 is 0. The van der Waals surface area contributed by atoms with Gasteiger partial charge in [-0.1, -0.05) is 32.9 Å². The fourth-order valence-corrected chi connectivity index (χ4v) is 1.70. The van der Waals surface area contributed by atoms with Crippen LogP contribution < -0.4 is 0 Å². The van der Waals surface area contributed by atoms with E-state index in [2.05, 4.69) is 0 Å². The number of aryl methyl sites for hydroxylation is 1.